The van der Waals surface area contributed by atoms with Crippen LogP contribution in [0.25, 0.3) is 11.6 Å². The van der Waals surface area contributed by atoms with Gasteiger partial charge in [-0.1, -0.05) is 23.2 Å². The lowest BCUT2D eigenvalue weighted by Crippen LogP contribution is -2.02. The second-order valence-corrected chi connectivity index (χ2v) is 7.03. The lowest BCUT2D eigenvalue weighted by atomic mass is 10.1. The predicted molar refractivity (Wildman–Crippen MR) is 117 cm³/mol. The SMILES string of the molecule is COc1cnc(C(C#N)=Cc2c(Cl)cncc2Cl)cc1OCCCc1ccncc1. The summed E-state index contributed by atoms with van der Waals surface area (Å²) < 4.78 is 11.2. The van der Waals surface area contributed by atoms with Gasteiger partial charge in [-0.05, 0) is 36.6 Å². The van der Waals surface area contributed by atoms with Crippen molar-refractivity contribution < 1.29 is 9.47 Å². The molecule has 0 aliphatic rings. The number of pyridine rings is 3. The molecule has 0 aliphatic carbocycles. The number of halogens is 2. The van der Waals surface area contributed by atoms with Crippen LogP contribution in [0.15, 0.2) is 49.2 Å². The van der Waals surface area contributed by atoms with Gasteiger partial charge in [0.1, 0.15) is 6.07 Å². The zero-order valence-electron chi connectivity index (χ0n) is 16.2. The smallest absolute Gasteiger partial charge is 0.179 e. The largest absolute Gasteiger partial charge is 0.491 e. The molecule has 0 fully saturated rings. The summed E-state index contributed by atoms with van der Waals surface area (Å²) >= 11 is 12.3. The topological polar surface area (TPSA) is 80.9 Å². The molecule has 6 nitrogen and oxygen atoms in total. The standard InChI is InChI=1S/C22H18Cl2N4O2/c1-29-22-14-28-20(16(11-25)9-17-18(23)12-27-13-19(17)24)10-21(22)30-8-2-3-15-4-6-26-7-5-15/h4-7,9-10,12-14H,2-3,8H2,1H3. The normalized spacial score (nSPS) is 11.1. The summed E-state index contributed by atoms with van der Waals surface area (Å²) in [6.45, 7) is 0.482. The Kier molecular flexibility index (Phi) is 7.61. The Hall–Kier alpha value is -3.14. The van der Waals surface area contributed by atoms with E-state index < -0.39 is 0 Å². The molecule has 0 saturated heterocycles. The van der Waals surface area contributed by atoms with Gasteiger partial charge in [0.15, 0.2) is 11.5 Å². The van der Waals surface area contributed by atoms with Crippen LogP contribution >= 0.6 is 23.2 Å². The van der Waals surface area contributed by atoms with Gasteiger partial charge in [0, 0.05) is 36.4 Å². The van der Waals surface area contributed by atoms with E-state index in [9.17, 15) is 5.26 Å². The molecule has 0 atom stereocenters. The van der Waals surface area contributed by atoms with Gasteiger partial charge in [-0.25, -0.2) is 0 Å². The van der Waals surface area contributed by atoms with Gasteiger partial charge >= 0.3 is 0 Å². The van der Waals surface area contributed by atoms with Crippen molar-refractivity contribution in [3.8, 4) is 17.6 Å². The van der Waals surface area contributed by atoms with E-state index in [2.05, 4.69) is 21.0 Å². The molecule has 0 aromatic carbocycles. The summed E-state index contributed by atoms with van der Waals surface area (Å²) in [5.74, 6) is 0.991. The van der Waals surface area contributed by atoms with Crippen LogP contribution in [0.4, 0.5) is 0 Å². The van der Waals surface area contributed by atoms with Crippen LogP contribution in [0.5, 0.6) is 11.5 Å². The Morgan fingerprint density at radius 3 is 2.50 bits per heavy atom. The van der Waals surface area contributed by atoms with E-state index in [4.69, 9.17) is 32.7 Å². The van der Waals surface area contributed by atoms with Crippen LogP contribution in [0.3, 0.4) is 0 Å². The molecular formula is C22H18Cl2N4O2. The molecule has 3 aromatic heterocycles. The van der Waals surface area contributed by atoms with Gasteiger partial charge in [0.25, 0.3) is 0 Å². The summed E-state index contributed by atoms with van der Waals surface area (Å²) in [4.78, 5) is 12.2. The number of nitrogens with zero attached hydrogens (tertiary/aromatic N) is 4. The van der Waals surface area contributed by atoms with Crippen LogP contribution in [0, 0.1) is 11.3 Å². The maximum Gasteiger partial charge on any atom is 0.179 e. The molecular weight excluding hydrogens is 423 g/mol. The van der Waals surface area contributed by atoms with Crippen molar-refractivity contribution in [1.82, 2.24) is 15.0 Å². The van der Waals surface area contributed by atoms with Crippen LogP contribution in [-0.2, 0) is 6.42 Å². The monoisotopic (exact) mass is 440 g/mol. The van der Waals surface area contributed by atoms with Crippen molar-refractivity contribution in [2.24, 2.45) is 0 Å². The lowest BCUT2D eigenvalue weighted by molar-refractivity contribution is 0.288. The maximum absolute atomic E-state index is 9.64. The Morgan fingerprint density at radius 2 is 1.83 bits per heavy atom. The zero-order valence-corrected chi connectivity index (χ0v) is 17.7. The molecule has 0 saturated carbocycles. The van der Waals surface area contributed by atoms with Crippen molar-refractivity contribution >= 4 is 34.9 Å². The van der Waals surface area contributed by atoms with Crippen molar-refractivity contribution in [2.75, 3.05) is 13.7 Å². The molecule has 0 spiro atoms. The zero-order chi connectivity index (χ0) is 21.3. The third-order valence-electron chi connectivity index (χ3n) is 4.24. The number of ether oxygens (including phenoxy) is 2. The van der Waals surface area contributed by atoms with Gasteiger partial charge in [0.2, 0.25) is 0 Å². The molecule has 0 bridgehead atoms. The highest BCUT2D eigenvalue weighted by Gasteiger charge is 2.13. The summed E-state index contributed by atoms with van der Waals surface area (Å²) in [6, 6.07) is 7.76. The van der Waals surface area contributed by atoms with Gasteiger partial charge < -0.3 is 9.47 Å². The molecule has 0 unspecified atom stereocenters. The second-order valence-electron chi connectivity index (χ2n) is 6.21. The lowest BCUT2D eigenvalue weighted by Gasteiger charge is -2.12. The highest BCUT2D eigenvalue weighted by molar-refractivity contribution is 6.37. The maximum atomic E-state index is 9.64. The number of methoxy groups -OCH3 is 1. The Morgan fingerprint density at radius 1 is 1.10 bits per heavy atom. The van der Waals surface area contributed by atoms with Crippen molar-refractivity contribution in [3.05, 3.63) is 76.0 Å². The van der Waals surface area contributed by atoms with E-state index in [0.29, 0.717) is 39.4 Å². The number of rotatable bonds is 8. The fraction of sp³-hybridized carbons (Fsp3) is 0.182. The van der Waals surface area contributed by atoms with Gasteiger partial charge in [-0.3, -0.25) is 15.0 Å². The molecule has 3 heterocycles. The molecule has 0 aliphatic heterocycles. The van der Waals surface area contributed by atoms with Crippen LogP contribution in [0.1, 0.15) is 23.2 Å². The number of hydrogen-bond acceptors (Lipinski definition) is 6. The predicted octanol–water partition coefficient (Wildman–Crippen LogP) is 5.26. The van der Waals surface area contributed by atoms with Crippen molar-refractivity contribution in [3.63, 3.8) is 0 Å². The first-order valence-electron chi connectivity index (χ1n) is 9.09. The Balaban J connectivity index is 1.79. The van der Waals surface area contributed by atoms with Gasteiger partial charge in [0.05, 0.1) is 41.2 Å². The van der Waals surface area contributed by atoms with Crippen LogP contribution in [-0.4, -0.2) is 28.7 Å². The number of hydrogen-bond donors (Lipinski definition) is 0. The molecule has 30 heavy (non-hydrogen) atoms. The first kappa shape index (κ1) is 21.6. The summed E-state index contributed by atoms with van der Waals surface area (Å²) in [5, 5.41) is 10.3. The molecule has 152 valence electrons. The molecule has 3 rings (SSSR count). The van der Waals surface area contributed by atoms with E-state index in [0.717, 1.165) is 12.8 Å². The minimum atomic E-state index is 0.286. The molecule has 0 amide bonds. The Bertz CT molecular complexity index is 1060. The summed E-state index contributed by atoms with van der Waals surface area (Å²) in [5.41, 5.74) is 2.40. The number of aryl methyl sites for hydroxylation is 1. The molecule has 0 radical (unpaired) electrons. The third kappa shape index (κ3) is 5.47. The van der Waals surface area contributed by atoms with E-state index >= 15 is 0 Å². The van der Waals surface area contributed by atoms with Crippen molar-refractivity contribution in [1.29, 1.82) is 5.26 Å². The Labute approximate surface area is 184 Å². The van der Waals surface area contributed by atoms with E-state index in [1.54, 1.807) is 24.5 Å². The van der Waals surface area contributed by atoms with Crippen LogP contribution in [0.2, 0.25) is 10.0 Å². The van der Waals surface area contributed by atoms with Gasteiger partial charge in [-0.2, -0.15) is 5.26 Å². The summed E-state index contributed by atoms with van der Waals surface area (Å²) in [7, 11) is 1.54. The fourth-order valence-electron chi connectivity index (χ4n) is 2.71. The van der Waals surface area contributed by atoms with E-state index in [1.165, 1.54) is 31.3 Å². The quantitative estimate of drug-likeness (QED) is 0.350. The van der Waals surface area contributed by atoms with E-state index in [1.807, 2.05) is 12.1 Å². The molecule has 0 N–H and O–H groups in total. The number of nitriles is 1. The first-order valence-corrected chi connectivity index (χ1v) is 9.85. The minimum Gasteiger partial charge on any atom is -0.491 e. The van der Waals surface area contributed by atoms with E-state index in [-0.39, 0.29) is 5.57 Å². The second kappa shape index (κ2) is 10.6. The molecule has 3 aromatic rings. The van der Waals surface area contributed by atoms with Gasteiger partial charge in [-0.15, -0.1) is 0 Å². The minimum absolute atomic E-state index is 0.286. The van der Waals surface area contributed by atoms with Crippen LogP contribution < -0.4 is 9.47 Å². The average molecular weight is 441 g/mol. The highest BCUT2D eigenvalue weighted by atomic mass is 35.5. The third-order valence-corrected chi connectivity index (χ3v) is 4.85. The van der Waals surface area contributed by atoms with Crippen molar-refractivity contribution in [2.45, 2.75) is 12.8 Å². The number of allylic oxidation sites excluding steroid dienone is 1. The fourth-order valence-corrected chi connectivity index (χ4v) is 3.19. The summed E-state index contributed by atoms with van der Waals surface area (Å²) in [6.07, 6.45) is 11.2. The average Bonchev–Trinajstić information content (AvgIpc) is 2.77. The highest BCUT2D eigenvalue weighted by Crippen LogP contribution is 2.31. The molecule has 8 heteroatoms. The number of aromatic nitrogens is 3. The first-order chi connectivity index (χ1) is 14.6.